The first-order chi connectivity index (χ1) is 15.7. The van der Waals surface area contributed by atoms with E-state index in [0.29, 0.717) is 23.7 Å². The Morgan fingerprint density at radius 3 is 2.72 bits per heavy atom. The van der Waals surface area contributed by atoms with Gasteiger partial charge in [-0.25, -0.2) is 4.98 Å². The van der Waals surface area contributed by atoms with Crippen molar-refractivity contribution >= 4 is 11.7 Å². The van der Waals surface area contributed by atoms with E-state index in [2.05, 4.69) is 44.8 Å². The SMILES string of the molecule is COc1ccc(CNC(=O)c2cccc(N3CCNC(c4ccccc4)C3)n2)c(OC)c1. The van der Waals surface area contributed by atoms with E-state index in [4.69, 9.17) is 9.47 Å². The lowest BCUT2D eigenvalue weighted by Gasteiger charge is -2.35. The summed E-state index contributed by atoms with van der Waals surface area (Å²) in [5, 5.41) is 6.50. The van der Waals surface area contributed by atoms with Crippen LogP contribution in [0.25, 0.3) is 0 Å². The highest BCUT2D eigenvalue weighted by Gasteiger charge is 2.22. The average molecular weight is 433 g/mol. The molecule has 0 spiro atoms. The van der Waals surface area contributed by atoms with Crippen molar-refractivity contribution in [2.75, 3.05) is 38.8 Å². The number of carbonyl (C=O) groups is 1. The molecule has 1 aliphatic heterocycles. The van der Waals surface area contributed by atoms with Crippen LogP contribution in [0.15, 0.2) is 66.7 Å². The van der Waals surface area contributed by atoms with E-state index in [1.54, 1.807) is 26.4 Å². The van der Waals surface area contributed by atoms with Gasteiger partial charge in [-0.05, 0) is 29.8 Å². The van der Waals surface area contributed by atoms with Crippen molar-refractivity contribution in [3.05, 3.63) is 83.6 Å². The molecule has 0 saturated carbocycles. The maximum Gasteiger partial charge on any atom is 0.270 e. The average Bonchev–Trinajstić information content (AvgIpc) is 2.87. The number of methoxy groups -OCH3 is 2. The van der Waals surface area contributed by atoms with Gasteiger partial charge in [0.2, 0.25) is 0 Å². The van der Waals surface area contributed by atoms with Crippen molar-refractivity contribution in [3.63, 3.8) is 0 Å². The fourth-order valence-electron chi connectivity index (χ4n) is 3.86. The Morgan fingerprint density at radius 1 is 1.09 bits per heavy atom. The van der Waals surface area contributed by atoms with Crippen LogP contribution in [-0.4, -0.2) is 44.7 Å². The van der Waals surface area contributed by atoms with E-state index >= 15 is 0 Å². The monoisotopic (exact) mass is 432 g/mol. The molecular formula is C25H28N4O3. The molecule has 1 saturated heterocycles. The van der Waals surface area contributed by atoms with Crippen LogP contribution < -0.4 is 25.0 Å². The lowest BCUT2D eigenvalue weighted by molar-refractivity contribution is 0.0945. The van der Waals surface area contributed by atoms with E-state index in [1.807, 2.05) is 30.3 Å². The van der Waals surface area contributed by atoms with E-state index in [-0.39, 0.29) is 11.9 Å². The number of ether oxygens (including phenoxy) is 2. The summed E-state index contributed by atoms with van der Waals surface area (Å²) in [5.74, 6) is 1.96. The zero-order valence-electron chi connectivity index (χ0n) is 18.4. The number of pyridine rings is 1. The van der Waals surface area contributed by atoms with Crippen molar-refractivity contribution < 1.29 is 14.3 Å². The second-order valence-electron chi connectivity index (χ2n) is 7.60. The maximum atomic E-state index is 12.8. The van der Waals surface area contributed by atoms with E-state index in [9.17, 15) is 4.79 Å². The van der Waals surface area contributed by atoms with Crippen LogP contribution >= 0.6 is 0 Å². The Hall–Kier alpha value is -3.58. The lowest BCUT2D eigenvalue weighted by Crippen LogP contribution is -2.46. The molecule has 166 valence electrons. The maximum absolute atomic E-state index is 12.8. The van der Waals surface area contributed by atoms with Gasteiger partial charge in [0, 0.05) is 43.9 Å². The highest BCUT2D eigenvalue weighted by Crippen LogP contribution is 2.25. The molecule has 7 heteroatoms. The Bertz CT molecular complexity index is 1060. The lowest BCUT2D eigenvalue weighted by atomic mass is 10.0. The predicted molar refractivity (Wildman–Crippen MR) is 124 cm³/mol. The fraction of sp³-hybridized carbons (Fsp3) is 0.280. The van der Waals surface area contributed by atoms with Crippen LogP contribution in [0.5, 0.6) is 11.5 Å². The zero-order chi connectivity index (χ0) is 22.3. The van der Waals surface area contributed by atoms with Gasteiger partial charge in [0.05, 0.1) is 14.2 Å². The van der Waals surface area contributed by atoms with Gasteiger partial charge in [0.15, 0.2) is 0 Å². The van der Waals surface area contributed by atoms with Gasteiger partial charge in [-0.3, -0.25) is 4.79 Å². The molecule has 2 aromatic carbocycles. The summed E-state index contributed by atoms with van der Waals surface area (Å²) in [6.45, 7) is 2.83. The van der Waals surface area contributed by atoms with Crippen LogP contribution in [0.3, 0.4) is 0 Å². The highest BCUT2D eigenvalue weighted by atomic mass is 16.5. The molecule has 1 aromatic heterocycles. The number of anilines is 1. The third-order valence-electron chi connectivity index (χ3n) is 5.60. The summed E-state index contributed by atoms with van der Waals surface area (Å²) in [6, 6.07) is 21.7. The predicted octanol–water partition coefficient (Wildman–Crippen LogP) is 3.18. The minimum absolute atomic E-state index is 0.223. The summed E-state index contributed by atoms with van der Waals surface area (Å²) in [4.78, 5) is 19.7. The quantitative estimate of drug-likeness (QED) is 0.597. The van der Waals surface area contributed by atoms with Crippen LogP contribution in [0.4, 0.5) is 5.82 Å². The summed E-state index contributed by atoms with van der Waals surface area (Å²) in [6.07, 6.45) is 0. The van der Waals surface area contributed by atoms with Crippen molar-refractivity contribution in [3.8, 4) is 11.5 Å². The number of aromatic nitrogens is 1. The number of nitrogens with zero attached hydrogens (tertiary/aromatic N) is 2. The standard InChI is InChI=1S/C25H28N4O3/c1-31-20-12-11-19(23(15-20)32-2)16-27-25(30)21-9-6-10-24(28-21)29-14-13-26-22(17-29)18-7-4-3-5-8-18/h3-12,15,22,26H,13-14,16-17H2,1-2H3,(H,27,30). The zero-order valence-corrected chi connectivity index (χ0v) is 18.4. The van der Waals surface area contributed by atoms with Crippen molar-refractivity contribution in [1.82, 2.24) is 15.6 Å². The van der Waals surface area contributed by atoms with E-state index in [0.717, 1.165) is 31.0 Å². The summed E-state index contributed by atoms with van der Waals surface area (Å²) < 4.78 is 10.6. The first kappa shape index (κ1) is 21.6. The second kappa shape index (κ2) is 10.2. The van der Waals surface area contributed by atoms with Crippen molar-refractivity contribution in [1.29, 1.82) is 0 Å². The molecule has 2 heterocycles. The Morgan fingerprint density at radius 2 is 1.94 bits per heavy atom. The van der Waals surface area contributed by atoms with Crippen molar-refractivity contribution in [2.45, 2.75) is 12.6 Å². The highest BCUT2D eigenvalue weighted by molar-refractivity contribution is 5.92. The van der Waals surface area contributed by atoms with E-state index in [1.165, 1.54) is 5.56 Å². The molecule has 0 radical (unpaired) electrons. The first-order valence-electron chi connectivity index (χ1n) is 10.7. The number of rotatable bonds is 7. The Kier molecular flexibility index (Phi) is 6.87. The van der Waals surface area contributed by atoms with Crippen LogP contribution in [0.2, 0.25) is 0 Å². The van der Waals surface area contributed by atoms with Gasteiger partial charge in [0.1, 0.15) is 23.0 Å². The number of amides is 1. The molecule has 1 unspecified atom stereocenters. The molecule has 1 amide bonds. The van der Waals surface area contributed by atoms with Crippen LogP contribution in [0.1, 0.15) is 27.7 Å². The van der Waals surface area contributed by atoms with Crippen molar-refractivity contribution in [2.24, 2.45) is 0 Å². The molecule has 7 nitrogen and oxygen atoms in total. The van der Waals surface area contributed by atoms with Gasteiger partial charge in [-0.15, -0.1) is 0 Å². The minimum atomic E-state index is -0.223. The number of piperazine rings is 1. The van der Waals surface area contributed by atoms with Crippen LogP contribution in [-0.2, 0) is 6.54 Å². The molecule has 1 atom stereocenters. The van der Waals surface area contributed by atoms with Crippen LogP contribution in [0, 0.1) is 0 Å². The van der Waals surface area contributed by atoms with Gasteiger partial charge >= 0.3 is 0 Å². The Balaban J connectivity index is 1.43. The third-order valence-corrected chi connectivity index (χ3v) is 5.60. The second-order valence-corrected chi connectivity index (χ2v) is 7.60. The topological polar surface area (TPSA) is 75.7 Å². The number of hydrogen-bond donors (Lipinski definition) is 2. The summed E-state index contributed by atoms with van der Waals surface area (Å²) in [5.41, 5.74) is 2.51. The van der Waals surface area contributed by atoms with Gasteiger partial charge in [-0.2, -0.15) is 0 Å². The van der Waals surface area contributed by atoms with Gasteiger partial charge < -0.3 is 25.0 Å². The molecule has 0 bridgehead atoms. The molecule has 1 fully saturated rings. The molecule has 3 aromatic rings. The minimum Gasteiger partial charge on any atom is -0.497 e. The molecule has 4 rings (SSSR count). The van der Waals surface area contributed by atoms with Gasteiger partial charge in [0.25, 0.3) is 5.91 Å². The van der Waals surface area contributed by atoms with E-state index < -0.39 is 0 Å². The number of carbonyl (C=O) groups excluding carboxylic acids is 1. The molecule has 0 aliphatic carbocycles. The number of nitrogens with one attached hydrogen (secondary N) is 2. The van der Waals surface area contributed by atoms with Gasteiger partial charge in [-0.1, -0.05) is 36.4 Å². The Labute approximate surface area is 188 Å². The smallest absolute Gasteiger partial charge is 0.270 e. The molecule has 2 N–H and O–H groups in total. The first-order valence-corrected chi connectivity index (χ1v) is 10.7. The fourth-order valence-corrected chi connectivity index (χ4v) is 3.86. The number of hydrogen-bond acceptors (Lipinski definition) is 6. The summed E-state index contributed by atoms with van der Waals surface area (Å²) >= 11 is 0. The summed E-state index contributed by atoms with van der Waals surface area (Å²) in [7, 11) is 3.21. The molecular weight excluding hydrogens is 404 g/mol. The third kappa shape index (κ3) is 5.00. The largest absolute Gasteiger partial charge is 0.497 e. The normalized spacial score (nSPS) is 15.8. The molecule has 32 heavy (non-hydrogen) atoms. The molecule has 1 aliphatic rings. The number of benzene rings is 2.